The maximum atomic E-state index is 11.7. The van der Waals surface area contributed by atoms with Gasteiger partial charge in [0, 0.05) is 19.0 Å². The van der Waals surface area contributed by atoms with E-state index in [0.29, 0.717) is 6.54 Å². The number of amides is 1. The number of phenols is 1. The molecule has 1 unspecified atom stereocenters. The van der Waals surface area contributed by atoms with Crippen LogP contribution >= 0.6 is 0 Å². The van der Waals surface area contributed by atoms with Gasteiger partial charge in [0.25, 0.3) is 0 Å². The molecule has 3 atom stereocenters. The van der Waals surface area contributed by atoms with Crippen LogP contribution in [0.4, 0.5) is 0 Å². The summed E-state index contributed by atoms with van der Waals surface area (Å²) in [6.45, 7) is 2.09. The topological polar surface area (TPSA) is 72.8 Å². The number of aromatic hydroxyl groups is 1. The van der Waals surface area contributed by atoms with Crippen molar-refractivity contribution in [1.29, 1.82) is 0 Å². The molecule has 2 fully saturated rings. The SMILES string of the molecule is O=C1NCCC1N1CC[C@H](c2ccc(O)cc2)[C@@H](O)C1. The largest absolute Gasteiger partial charge is 0.508 e. The fourth-order valence-corrected chi connectivity index (χ4v) is 3.28. The number of β-amino-alcohol motifs (C(OH)–C–C–N with tert-alkyl or cyclic N) is 1. The number of carbonyl (C=O) groups is 1. The standard InChI is InChI=1S/C15H20N2O3/c18-11-3-1-10(2-4-11)12-6-8-17(9-14(12)19)13-5-7-16-15(13)20/h1-4,12-14,18-19H,5-9H2,(H,16,20)/t12-,13?,14+/m1/s1. The molecule has 2 saturated heterocycles. The fourth-order valence-electron chi connectivity index (χ4n) is 3.28. The van der Waals surface area contributed by atoms with Crippen LogP contribution in [0.2, 0.25) is 0 Å². The average Bonchev–Trinajstić information content (AvgIpc) is 2.86. The minimum absolute atomic E-state index is 0.0783. The number of hydrogen-bond acceptors (Lipinski definition) is 4. The lowest BCUT2D eigenvalue weighted by molar-refractivity contribution is -0.124. The van der Waals surface area contributed by atoms with Gasteiger partial charge in [-0.2, -0.15) is 0 Å². The van der Waals surface area contributed by atoms with Crippen LogP contribution in [0, 0.1) is 0 Å². The minimum Gasteiger partial charge on any atom is -0.508 e. The molecule has 5 heteroatoms. The second-order valence-corrected chi connectivity index (χ2v) is 5.64. The second-order valence-electron chi connectivity index (χ2n) is 5.64. The van der Waals surface area contributed by atoms with E-state index in [2.05, 4.69) is 10.2 Å². The van der Waals surface area contributed by atoms with E-state index in [1.165, 1.54) is 0 Å². The Hall–Kier alpha value is -1.59. The number of aliphatic hydroxyl groups is 1. The zero-order valence-corrected chi connectivity index (χ0v) is 11.3. The minimum atomic E-state index is -0.471. The van der Waals surface area contributed by atoms with E-state index in [1.807, 2.05) is 12.1 Å². The van der Waals surface area contributed by atoms with Crippen molar-refractivity contribution in [3.05, 3.63) is 29.8 Å². The Balaban J connectivity index is 1.67. The zero-order chi connectivity index (χ0) is 14.1. The lowest BCUT2D eigenvalue weighted by Crippen LogP contribution is -2.50. The molecule has 3 N–H and O–H groups in total. The van der Waals surface area contributed by atoms with Gasteiger partial charge in [-0.25, -0.2) is 0 Å². The average molecular weight is 276 g/mol. The molecule has 0 aromatic heterocycles. The number of benzene rings is 1. The molecular formula is C15H20N2O3. The molecule has 3 rings (SSSR count). The molecule has 0 bridgehead atoms. The summed E-state index contributed by atoms with van der Waals surface area (Å²) in [5.41, 5.74) is 1.05. The van der Waals surface area contributed by atoms with Gasteiger partial charge >= 0.3 is 0 Å². The van der Waals surface area contributed by atoms with Gasteiger partial charge in [0.1, 0.15) is 5.75 Å². The summed E-state index contributed by atoms with van der Waals surface area (Å²) in [7, 11) is 0. The van der Waals surface area contributed by atoms with E-state index in [4.69, 9.17) is 0 Å². The van der Waals surface area contributed by atoms with Crippen LogP contribution in [0.1, 0.15) is 24.3 Å². The molecule has 1 aromatic rings. The molecule has 2 heterocycles. The van der Waals surface area contributed by atoms with Crippen molar-refractivity contribution in [3.63, 3.8) is 0 Å². The summed E-state index contributed by atoms with van der Waals surface area (Å²) >= 11 is 0. The maximum Gasteiger partial charge on any atom is 0.237 e. The summed E-state index contributed by atoms with van der Waals surface area (Å²) in [6.07, 6.45) is 1.19. The van der Waals surface area contributed by atoms with Gasteiger partial charge in [-0.3, -0.25) is 9.69 Å². The first-order chi connectivity index (χ1) is 9.65. The van der Waals surface area contributed by atoms with Crippen molar-refractivity contribution in [2.24, 2.45) is 0 Å². The van der Waals surface area contributed by atoms with E-state index < -0.39 is 6.10 Å². The van der Waals surface area contributed by atoms with Crippen molar-refractivity contribution in [3.8, 4) is 5.75 Å². The molecule has 20 heavy (non-hydrogen) atoms. The molecule has 0 radical (unpaired) electrons. The smallest absolute Gasteiger partial charge is 0.237 e. The predicted molar refractivity (Wildman–Crippen MR) is 74.5 cm³/mol. The van der Waals surface area contributed by atoms with Crippen molar-refractivity contribution >= 4 is 5.91 Å². The molecule has 1 amide bonds. The number of piperidine rings is 1. The first kappa shape index (κ1) is 13.4. The highest BCUT2D eigenvalue weighted by Gasteiger charge is 2.36. The number of aliphatic hydroxyl groups excluding tert-OH is 1. The first-order valence-electron chi connectivity index (χ1n) is 7.14. The fraction of sp³-hybridized carbons (Fsp3) is 0.533. The van der Waals surface area contributed by atoms with Crippen LogP contribution in [0.15, 0.2) is 24.3 Å². The van der Waals surface area contributed by atoms with Crippen LogP contribution in [-0.4, -0.2) is 52.8 Å². The molecule has 2 aliphatic heterocycles. The van der Waals surface area contributed by atoms with Crippen LogP contribution in [0.25, 0.3) is 0 Å². The van der Waals surface area contributed by atoms with Crippen molar-refractivity contribution in [2.75, 3.05) is 19.6 Å². The predicted octanol–water partition coefficient (Wildman–Crippen LogP) is 0.431. The summed E-state index contributed by atoms with van der Waals surface area (Å²) in [5.74, 6) is 0.403. The lowest BCUT2D eigenvalue weighted by atomic mass is 9.86. The Morgan fingerprint density at radius 3 is 2.55 bits per heavy atom. The van der Waals surface area contributed by atoms with Gasteiger partial charge in [0.2, 0.25) is 5.91 Å². The third kappa shape index (κ3) is 2.51. The summed E-state index contributed by atoms with van der Waals surface area (Å²) in [6, 6.07) is 6.95. The first-order valence-corrected chi connectivity index (χ1v) is 7.14. The van der Waals surface area contributed by atoms with Crippen molar-refractivity contribution in [2.45, 2.75) is 30.9 Å². The van der Waals surface area contributed by atoms with Gasteiger partial charge in [-0.05, 0) is 37.1 Å². The van der Waals surface area contributed by atoms with Crippen LogP contribution in [0.3, 0.4) is 0 Å². The number of rotatable bonds is 2. The molecule has 2 aliphatic rings. The number of carbonyl (C=O) groups excluding carboxylic acids is 1. The second kappa shape index (κ2) is 5.42. The molecule has 108 valence electrons. The highest BCUT2D eigenvalue weighted by molar-refractivity contribution is 5.83. The third-order valence-electron chi connectivity index (χ3n) is 4.40. The van der Waals surface area contributed by atoms with Crippen LogP contribution in [0.5, 0.6) is 5.75 Å². The normalized spacial score (nSPS) is 31.2. The van der Waals surface area contributed by atoms with Gasteiger partial charge < -0.3 is 15.5 Å². The van der Waals surface area contributed by atoms with Gasteiger partial charge in [-0.1, -0.05) is 12.1 Å². The number of phenolic OH excluding ortho intramolecular Hbond substituents is 1. The van der Waals surface area contributed by atoms with Crippen molar-refractivity contribution in [1.82, 2.24) is 10.2 Å². The summed E-state index contributed by atoms with van der Waals surface area (Å²) < 4.78 is 0. The van der Waals surface area contributed by atoms with E-state index in [1.54, 1.807) is 12.1 Å². The summed E-state index contributed by atoms with van der Waals surface area (Å²) in [5, 5.41) is 22.5. The molecule has 0 aliphatic carbocycles. The van der Waals surface area contributed by atoms with Gasteiger partial charge in [0.15, 0.2) is 0 Å². The Morgan fingerprint density at radius 2 is 1.95 bits per heavy atom. The number of likely N-dealkylation sites (tertiary alicyclic amines) is 1. The Labute approximate surface area is 118 Å². The lowest BCUT2D eigenvalue weighted by Gasteiger charge is -2.38. The Bertz CT molecular complexity index is 488. The Kier molecular flexibility index (Phi) is 3.63. The number of nitrogens with one attached hydrogen (secondary N) is 1. The monoisotopic (exact) mass is 276 g/mol. The summed E-state index contributed by atoms with van der Waals surface area (Å²) in [4.78, 5) is 13.8. The maximum absolute atomic E-state index is 11.7. The molecule has 0 spiro atoms. The molecule has 5 nitrogen and oxygen atoms in total. The number of nitrogens with zero attached hydrogens (tertiary/aromatic N) is 1. The molecule has 1 aromatic carbocycles. The quantitative estimate of drug-likeness (QED) is 0.732. The number of hydrogen-bond donors (Lipinski definition) is 3. The van der Waals surface area contributed by atoms with Gasteiger partial charge in [-0.15, -0.1) is 0 Å². The van der Waals surface area contributed by atoms with E-state index >= 15 is 0 Å². The van der Waals surface area contributed by atoms with Crippen LogP contribution in [-0.2, 0) is 4.79 Å². The van der Waals surface area contributed by atoms with Crippen LogP contribution < -0.4 is 5.32 Å². The molecule has 0 saturated carbocycles. The van der Waals surface area contributed by atoms with E-state index in [0.717, 1.165) is 31.5 Å². The van der Waals surface area contributed by atoms with E-state index in [9.17, 15) is 15.0 Å². The highest BCUT2D eigenvalue weighted by atomic mass is 16.3. The molecular weight excluding hydrogens is 256 g/mol. The Morgan fingerprint density at radius 1 is 1.20 bits per heavy atom. The van der Waals surface area contributed by atoms with Crippen molar-refractivity contribution < 1.29 is 15.0 Å². The van der Waals surface area contributed by atoms with Gasteiger partial charge in [0.05, 0.1) is 12.1 Å². The highest BCUT2D eigenvalue weighted by Crippen LogP contribution is 2.31. The van der Waals surface area contributed by atoms with E-state index in [-0.39, 0.29) is 23.6 Å². The third-order valence-corrected chi connectivity index (χ3v) is 4.40. The zero-order valence-electron chi connectivity index (χ0n) is 11.3.